The number of amides is 1. The van der Waals surface area contributed by atoms with E-state index in [0.717, 1.165) is 19.5 Å². The van der Waals surface area contributed by atoms with Gasteiger partial charge < -0.3 is 10.2 Å². The highest BCUT2D eigenvalue weighted by molar-refractivity contribution is 5.92. The summed E-state index contributed by atoms with van der Waals surface area (Å²) in [6.45, 7) is 6.12. The van der Waals surface area contributed by atoms with Crippen LogP contribution in [0.25, 0.3) is 0 Å². The Bertz CT molecular complexity index is 477. The zero-order valence-corrected chi connectivity index (χ0v) is 12.5. The van der Waals surface area contributed by atoms with Gasteiger partial charge in [0.05, 0.1) is 11.3 Å². The predicted molar refractivity (Wildman–Crippen MR) is 81.4 cm³/mol. The van der Waals surface area contributed by atoms with E-state index < -0.39 is 0 Å². The molecular formula is C16H23N3O. The van der Waals surface area contributed by atoms with Gasteiger partial charge in [0.1, 0.15) is 6.07 Å². The maximum Gasteiger partial charge on any atom is 0.225 e. The molecule has 20 heavy (non-hydrogen) atoms. The number of rotatable bonds is 7. The maximum atomic E-state index is 11.9. The van der Waals surface area contributed by atoms with Gasteiger partial charge in [-0.3, -0.25) is 4.79 Å². The highest BCUT2D eigenvalue weighted by Crippen LogP contribution is 2.13. The van der Waals surface area contributed by atoms with Crippen LogP contribution < -0.4 is 5.32 Å². The minimum atomic E-state index is -0.0518. The molecule has 0 saturated carbocycles. The Morgan fingerprint density at radius 3 is 2.70 bits per heavy atom. The van der Waals surface area contributed by atoms with Crippen molar-refractivity contribution >= 4 is 11.6 Å². The van der Waals surface area contributed by atoms with Gasteiger partial charge in [-0.05, 0) is 38.1 Å². The fourth-order valence-corrected chi connectivity index (χ4v) is 1.79. The number of nitrogens with zero attached hydrogens (tertiary/aromatic N) is 2. The van der Waals surface area contributed by atoms with Gasteiger partial charge in [-0.1, -0.05) is 26.0 Å². The smallest absolute Gasteiger partial charge is 0.225 e. The third kappa shape index (κ3) is 5.85. The SMILES string of the molecule is CC(C)CCN(C)CCC(=O)Nc1ccccc1C#N. The molecule has 0 aromatic heterocycles. The molecule has 4 heteroatoms. The van der Waals surface area contributed by atoms with Crippen LogP contribution in [0.15, 0.2) is 24.3 Å². The van der Waals surface area contributed by atoms with Crippen LogP contribution in [0.1, 0.15) is 32.3 Å². The van der Waals surface area contributed by atoms with Crippen molar-refractivity contribution in [2.45, 2.75) is 26.7 Å². The van der Waals surface area contributed by atoms with Crippen LogP contribution in [-0.4, -0.2) is 30.9 Å². The van der Waals surface area contributed by atoms with E-state index in [4.69, 9.17) is 5.26 Å². The molecule has 1 aromatic rings. The number of anilines is 1. The molecule has 0 heterocycles. The molecule has 1 N–H and O–H groups in total. The maximum absolute atomic E-state index is 11.9. The molecule has 0 saturated heterocycles. The fourth-order valence-electron chi connectivity index (χ4n) is 1.79. The molecular weight excluding hydrogens is 250 g/mol. The summed E-state index contributed by atoms with van der Waals surface area (Å²) < 4.78 is 0. The average Bonchev–Trinajstić information content (AvgIpc) is 2.43. The van der Waals surface area contributed by atoms with Gasteiger partial charge >= 0.3 is 0 Å². The molecule has 0 aliphatic carbocycles. The number of hydrogen-bond donors (Lipinski definition) is 1. The van der Waals surface area contributed by atoms with Gasteiger partial charge in [-0.2, -0.15) is 5.26 Å². The molecule has 4 nitrogen and oxygen atoms in total. The van der Waals surface area contributed by atoms with Crippen molar-refractivity contribution in [1.82, 2.24) is 4.90 Å². The quantitative estimate of drug-likeness (QED) is 0.831. The van der Waals surface area contributed by atoms with Gasteiger partial charge in [0.15, 0.2) is 0 Å². The first-order valence-electron chi connectivity index (χ1n) is 7.00. The van der Waals surface area contributed by atoms with E-state index in [1.807, 2.05) is 13.1 Å². The lowest BCUT2D eigenvalue weighted by Crippen LogP contribution is -2.26. The van der Waals surface area contributed by atoms with Crippen molar-refractivity contribution in [3.8, 4) is 6.07 Å². The predicted octanol–water partition coefficient (Wildman–Crippen LogP) is 2.86. The first-order chi connectivity index (χ1) is 9.52. The first-order valence-corrected chi connectivity index (χ1v) is 7.00. The van der Waals surface area contributed by atoms with Gasteiger partial charge in [0.2, 0.25) is 5.91 Å². The Labute approximate surface area is 121 Å². The molecule has 0 unspecified atom stereocenters. The number of benzene rings is 1. The summed E-state index contributed by atoms with van der Waals surface area (Å²) in [5.41, 5.74) is 1.08. The van der Waals surface area contributed by atoms with Crippen molar-refractivity contribution in [2.75, 3.05) is 25.5 Å². The van der Waals surface area contributed by atoms with E-state index >= 15 is 0 Å². The number of hydrogen-bond acceptors (Lipinski definition) is 3. The van der Waals surface area contributed by atoms with E-state index in [-0.39, 0.29) is 5.91 Å². The van der Waals surface area contributed by atoms with Crippen LogP contribution >= 0.6 is 0 Å². The van der Waals surface area contributed by atoms with Crippen molar-refractivity contribution in [1.29, 1.82) is 5.26 Å². The third-order valence-electron chi connectivity index (χ3n) is 3.13. The van der Waals surface area contributed by atoms with Crippen LogP contribution in [0.2, 0.25) is 0 Å². The van der Waals surface area contributed by atoms with Crippen molar-refractivity contribution in [2.24, 2.45) is 5.92 Å². The zero-order chi connectivity index (χ0) is 15.0. The Balaban J connectivity index is 2.39. The summed E-state index contributed by atoms with van der Waals surface area (Å²) in [6.07, 6.45) is 1.57. The molecule has 1 aromatic carbocycles. The van der Waals surface area contributed by atoms with Gasteiger partial charge in [-0.25, -0.2) is 0 Å². The first kappa shape index (κ1) is 16.2. The van der Waals surface area contributed by atoms with E-state index in [9.17, 15) is 4.79 Å². The Kier molecular flexibility index (Phi) is 6.75. The second kappa shape index (κ2) is 8.34. The number of nitrogens with one attached hydrogen (secondary N) is 1. The molecule has 0 fully saturated rings. The Hall–Kier alpha value is -1.86. The molecule has 1 rings (SSSR count). The van der Waals surface area contributed by atoms with Gasteiger partial charge in [0.25, 0.3) is 0 Å². The average molecular weight is 273 g/mol. The van der Waals surface area contributed by atoms with E-state index in [0.29, 0.717) is 23.6 Å². The molecule has 108 valence electrons. The van der Waals surface area contributed by atoms with E-state index in [1.165, 1.54) is 0 Å². The third-order valence-corrected chi connectivity index (χ3v) is 3.13. The van der Waals surface area contributed by atoms with Crippen LogP contribution in [0.5, 0.6) is 0 Å². The topological polar surface area (TPSA) is 56.1 Å². The summed E-state index contributed by atoms with van der Waals surface area (Å²) in [7, 11) is 2.03. The summed E-state index contributed by atoms with van der Waals surface area (Å²) in [5, 5.41) is 11.8. The van der Waals surface area contributed by atoms with Crippen LogP contribution in [-0.2, 0) is 4.79 Å². The van der Waals surface area contributed by atoms with Crippen LogP contribution in [0, 0.1) is 17.2 Å². The van der Waals surface area contributed by atoms with Crippen LogP contribution in [0.3, 0.4) is 0 Å². The fraction of sp³-hybridized carbons (Fsp3) is 0.500. The standard InChI is InChI=1S/C16H23N3O/c1-13(2)8-10-19(3)11-9-16(20)18-15-7-5-4-6-14(15)12-17/h4-7,13H,8-11H2,1-3H3,(H,18,20). The molecule has 1 amide bonds. The summed E-state index contributed by atoms with van der Waals surface area (Å²) in [5.74, 6) is 0.623. The lowest BCUT2D eigenvalue weighted by molar-refractivity contribution is -0.116. The monoisotopic (exact) mass is 273 g/mol. The number of carbonyl (C=O) groups excluding carboxylic acids is 1. The molecule has 0 aliphatic heterocycles. The molecule has 0 aliphatic rings. The number of nitriles is 1. The second-order valence-corrected chi connectivity index (χ2v) is 5.44. The van der Waals surface area contributed by atoms with Crippen molar-refractivity contribution in [3.63, 3.8) is 0 Å². The van der Waals surface area contributed by atoms with Crippen LogP contribution in [0.4, 0.5) is 5.69 Å². The molecule has 0 atom stereocenters. The number of carbonyl (C=O) groups is 1. The van der Waals surface area contributed by atoms with Gasteiger partial charge in [0, 0.05) is 13.0 Å². The van der Waals surface area contributed by atoms with E-state index in [1.54, 1.807) is 18.2 Å². The highest BCUT2D eigenvalue weighted by Gasteiger charge is 2.08. The zero-order valence-electron chi connectivity index (χ0n) is 12.5. The lowest BCUT2D eigenvalue weighted by atomic mass is 10.1. The summed E-state index contributed by atoms with van der Waals surface area (Å²) in [4.78, 5) is 14.0. The van der Waals surface area contributed by atoms with Crippen molar-refractivity contribution in [3.05, 3.63) is 29.8 Å². The molecule has 0 radical (unpaired) electrons. The lowest BCUT2D eigenvalue weighted by Gasteiger charge is -2.17. The normalized spacial score (nSPS) is 10.6. The largest absolute Gasteiger partial charge is 0.325 e. The number of para-hydroxylation sites is 1. The molecule has 0 spiro atoms. The highest BCUT2D eigenvalue weighted by atomic mass is 16.1. The Morgan fingerprint density at radius 1 is 1.35 bits per heavy atom. The minimum Gasteiger partial charge on any atom is -0.325 e. The Morgan fingerprint density at radius 2 is 2.05 bits per heavy atom. The summed E-state index contributed by atoms with van der Waals surface area (Å²) in [6, 6.07) is 9.12. The van der Waals surface area contributed by atoms with Gasteiger partial charge in [-0.15, -0.1) is 0 Å². The minimum absolute atomic E-state index is 0.0518. The summed E-state index contributed by atoms with van der Waals surface area (Å²) >= 11 is 0. The molecule has 0 bridgehead atoms. The van der Waals surface area contributed by atoms with E-state index in [2.05, 4.69) is 30.1 Å². The second-order valence-electron chi connectivity index (χ2n) is 5.44. The van der Waals surface area contributed by atoms with Crippen molar-refractivity contribution < 1.29 is 4.79 Å².